The molecule has 0 amide bonds. The number of hydrogen-bond acceptors (Lipinski definition) is 2. The van der Waals surface area contributed by atoms with E-state index in [0.717, 1.165) is 25.8 Å². The maximum atomic E-state index is 10.0. The summed E-state index contributed by atoms with van der Waals surface area (Å²) in [6, 6.07) is 10.4. The first-order chi connectivity index (χ1) is 7.21. The summed E-state index contributed by atoms with van der Waals surface area (Å²) in [5.74, 6) is 0. The van der Waals surface area contributed by atoms with Crippen LogP contribution in [0.1, 0.15) is 25.3 Å². The molecule has 0 aliphatic carbocycles. The van der Waals surface area contributed by atoms with Crippen molar-refractivity contribution in [1.82, 2.24) is 5.32 Å². The van der Waals surface area contributed by atoms with Crippen LogP contribution in [0.4, 0.5) is 0 Å². The predicted octanol–water partition coefficient (Wildman–Crippen LogP) is 2.15. The molecule has 1 aliphatic rings. The summed E-state index contributed by atoms with van der Waals surface area (Å²) < 4.78 is 0. The van der Waals surface area contributed by atoms with Gasteiger partial charge in [-0.1, -0.05) is 30.3 Å². The average molecular weight is 242 g/mol. The van der Waals surface area contributed by atoms with Crippen LogP contribution in [0.3, 0.4) is 0 Å². The normalized spacial score (nSPS) is 29.5. The number of aliphatic hydroxyl groups is 1. The van der Waals surface area contributed by atoms with Crippen molar-refractivity contribution in [2.45, 2.75) is 37.8 Å². The van der Waals surface area contributed by atoms with Crippen molar-refractivity contribution in [3.05, 3.63) is 35.9 Å². The molecular formula is C13H20ClNO. The zero-order chi connectivity index (χ0) is 10.7. The van der Waals surface area contributed by atoms with Gasteiger partial charge in [0.25, 0.3) is 0 Å². The fourth-order valence-corrected chi connectivity index (χ4v) is 2.31. The second-order valence-corrected chi connectivity index (χ2v) is 4.66. The van der Waals surface area contributed by atoms with Crippen molar-refractivity contribution in [3.63, 3.8) is 0 Å². The lowest BCUT2D eigenvalue weighted by Crippen LogP contribution is -2.57. The number of hydrogen-bond donors (Lipinski definition) is 2. The van der Waals surface area contributed by atoms with Gasteiger partial charge >= 0.3 is 0 Å². The van der Waals surface area contributed by atoms with Gasteiger partial charge in [-0.05, 0) is 38.3 Å². The van der Waals surface area contributed by atoms with Crippen LogP contribution in [0.5, 0.6) is 0 Å². The highest BCUT2D eigenvalue weighted by Crippen LogP contribution is 2.23. The Kier molecular flexibility index (Phi) is 4.78. The molecule has 3 heteroatoms. The van der Waals surface area contributed by atoms with Crippen LogP contribution >= 0.6 is 12.4 Å². The Balaban J connectivity index is 0.00000128. The van der Waals surface area contributed by atoms with Gasteiger partial charge in [0.2, 0.25) is 0 Å². The molecule has 2 atom stereocenters. The SMILES string of the molecule is CC1(Cc2ccccc2)NCCCC1O.Cl. The van der Waals surface area contributed by atoms with E-state index in [1.54, 1.807) is 0 Å². The molecule has 16 heavy (non-hydrogen) atoms. The lowest BCUT2D eigenvalue weighted by Gasteiger charge is -2.39. The van der Waals surface area contributed by atoms with E-state index in [2.05, 4.69) is 24.4 Å². The van der Waals surface area contributed by atoms with Crippen molar-refractivity contribution in [1.29, 1.82) is 0 Å². The molecule has 2 unspecified atom stereocenters. The van der Waals surface area contributed by atoms with Gasteiger partial charge in [0.15, 0.2) is 0 Å². The Hall–Kier alpha value is -0.570. The zero-order valence-electron chi connectivity index (χ0n) is 9.65. The quantitative estimate of drug-likeness (QED) is 0.832. The number of halogens is 1. The maximum Gasteiger partial charge on any atom is 0.0722 e. The van der Waals surface area contributed by atoms with Crippen molar-refractivity contribution in [2.24, 2.45) is 0 Å². The second kappa shape index (κ2) is 5.67. The van der Waals surface area contributed by atoms with Crippen molar-refractivity contribution >= 4 is 12.4 Å². The van der Waals surface area contributed by atoms with E-state index in [1.807, 2.05) is 18.2 Å². The Bertz CT molecular complexity index is 317. The Labute approximate surface area is 103 Å². The molecule has 1 aromatic carbocycles. The van der Waals surface area contributed by atoms with Gasteiger partial charge in [0.05, 0.1) is 6.10 Å². The Morgan fingerprint density at radius 2 is 2.06 bits per heavy atom. The molecule has 0 aromatic heterocycles. The average Bonchev–Trinajstić information content (AvgIpc) is 2.24. The molecule has 0 saturated carbocycles. The summed E-state index contributed by atoms with van der Waals surface area (Å²) in [6.07, 6.45) is 2.66. The third-order valence-electron chi connectivity index (χ3n) is 3.33. The van der Waals surface area contributed by atoms with Gasteiger partial charge in [-0.2, -0.15) is 0 Å². The largest absolute Gasteiger partial charge is 0.391 e. The molecule has 0 radical (unpaired) electrons. The van der Waals surface area contributed by atoms with Crippen LogP contribution in [0.2, 0.25) is 0 Å². The van der Waals surface area contributed by atoms with Crippen LogP contribution in [0.15, 0.2) is 30.3 Å². The highest BCUT2D eigenvalue weighted by Gasteiger charge is 2.34. The van der Waals surface area contributed by atoms with Gasteiger partial charge < -0.3 is 10.4 Å². The first-order valence-electron chi connectivity index (χ1n) is 5.68. The minimum atomic E-state index is -0.230. The molecular weight excluding hydrogens is 222 g/mol. The van der Waals surface area contributed by atoms with Crippen LogP contribution in [0.25, 0.3) is 0 Å². The third-order valence-corrected chi connectivity index (χ3v) is 3.33. The first kappa shape index (κ1) is 13.5. The van der Waals surface area contributed by atoms with E-state index in [-0.39, 0.29) is 24.0 Å². The van der Waals surface area contributed by atoms with Crippen molar-refractivity contribution in [3.8, 4) is 0 Å². The van der Waals surface area contributed by atoms with Crippen molar-refractivity contribution in [2.75, 3.05) is 6.54 Å². The fraction of sp³-hybridized carbons (Fsp3) is 0.538. The molecule has 90 valence electrons. The van der Waals surface area contributed by atoms with Crippen molar-refractivity contribution < 1.29 is 5.11 Å². The molecule has 1 fully saturated rings. The van der Waals surface area contributed by atoms with E-state index >= 15 is 0 Å². The fourth-order valence-electron chi connectivity index (χ4n) is 2.31. The van der Waals surface area contributed by atoms with Crippen LogP contribution in [0, 0.1) is 0 Å². The molecule has 0 bridgehead atoms. The van der Waals surface area contributed by atoms with Gasteiger partial charge in [-0.3, -0.25) is 0 Å². The summed E-state index contributed by atoms with van der Waals surface area (Å²) in [7, 11) is 0. The topological polar surface area (TPSA) is 32.3 Å². The molecule has 2 N–H and O–H groups in total. The van der Waals surface area contributed by atoms with E-state index < -0.39 is 0 Å². The lowest BCUT2D eigenvalue weighted by atomic mass is 9.82. The molecule has 2 nitrogen and oxygen atoms in total. The smallest absolute Gasteiger partial charge is 0.0722 e. The first-order valence-corrected chi connectivity index (χ1v) is 5.68. The van der Waals surface area contributed by atoms with Gasteiger partial charge in [-0.15, -0.1) is 12.4 Å². The summed E-state index contributed by atoms with van der Waals surface area (Å²) in [5.41, 5.74) is 1.13. The van der Waals surface area contributed by atoms with E-state index in [0.29, 0.717) is 0 Å². The Morgan fingerprint density at radius 1 is 1.38 bits per heavy atom. The number of benzene rings is 1. The van der Waals surface area contributed by atoms with Crippen LogP contribution < -0.4 is 5.32 Å². The third kappa shape index (κ3) is 2.97. The molecule has 0 spiro atoms. The molecule has 2 rings (SSSR count). The summed E-state index contributed by atoms with van der Waals surface area (Å²) in [5, 5.41) is 13.5. The monoisotopic (exact) mass is 241 g/mol. The highest BCUT2D eigenvalue weighted by molar-refractivity contribution is 5.85. The molecule has 1 aliphatic heterocycles. The van der Waals surface area contributed by atoms with E-state index in [1.165, 1.54) is 5.56 Å². The summed E-state index contributed by atoms with van der Waals surface area (Å²) >= 11 is 0. The van der Waals surface area contributed by atoms with Gasteiger partial charge in [0, 0.05) is 5.54 Å². The second-order valence-electron chi connectivity index (χ2n) is 4.66. The molecule has 1 aromatic rings. The van der Waals surface area contributed by atoms with Gasteiger partial charge in [-0.25, -0.2) is 0 Å². The minimum Gasteiger partial charge on any atom is -0.391 e. The zero-order valence-corrected chi connectivity index (χ0v) is 10.5. The van der Waals surface area contributed by atoms with Crippen LogP contribution in [-0.2, 0) is 6.42 Å². The Morgan fingerprint density at radius 3 is 2.69 bits per heavy atom. The number of piperidine rings is 1. The standard InChI is InChI=1S/C13H19NO.ClH/c1-13(12(15)8-5-9-14-13)10-11-6-3-2-4-7-11;/h2-4,6-7,12,14-15H,5,8-10H2,1H3;1H. The van der Waals surface area contributed by atoms with E-state index in [4.69, 9.17) is 0 Å². The number of nitrogens with one attached hydrogen (secondary N) is 1. The summed E-state index contributed by atoms with van der Waals surface area (Å²) in [4.78, 5) is 0. The predicted molar refractivity (Wildman–Crippen MR) is 69.0 cm³/mol. The summed E-state index contributed by atoms with van der Waals surface area (Å²) in [6.45, 7) is 3.13. The molecule has 1 saturated heterocycles. The maximum absolute atomic E-state index is 10.0. The van der Waals surface area contributed by atoms with E-state index in [9.17, 15) is 5.11 Å². The minimum absolute atomic E-state index is 0. The number of rotatable bonds is 2. The lowest BCUT2D eigenvalue weighted by molar-refractivity contribution is 0.0405. The van der Waals surface area contributed by atoms with Gasteiger partial charge in [0.1, 0.15) is 0 Å². The number of aliphatic hydroxyl groups excluding tert-OH is 1. The van der Waals surface area contributed by atoms with Crippen LogP contribution in [-0.4, -0.2) is 23.3 Å². The highest BCUT2D eigenvalue weighted by atomic mass is 35.5. The molecule has 1 heterocycles.